The molecule has 1 aliphatic rings. The summed E-state index contributed by atoms with van der Waals surface area (Å²) >= 11 is 0. The van der Waals surface area contributed by atoms with Crippen LogP contribution in [0.5, 0.6) is 0 Å². The van der Waals surface area contributed by atoms with Gasteiger partial charge in [-0.05, 0) is 74.0 Å². The molecule has 5 rings (SSSR count). The van der Waals surface area contributed by atoms with Crippen LogP contribution in [0.1, 0.15) is 54.6 Å². The maximum Gasteiger partial charge on any atom is 0.418 e. The predicted octanol–water partition coefficient (Wildman–Crippen LogP) is 7.34. The molecule has 0 radical (unpaired) electrons. The standard InChI is InChI=1S/C31H34F3N5/c1-21-8-5-6-11-23(21)15-17-37-30-25-14-13-24(29-26(31(32,33)34)12-7-16-36-29)18-27(25)38-28(39-30)20-35-19-22-9-3-2-4-10-22/h5-8,11-14,16,18,22,35H,2-4,9-10,15,17,19-20H2,1H3,(H,37,38,39). The van der Waals surface area contributed by atoms with Crippen molar-refractivity contribution in [3.05, 3.63) is 83.3 Å². The Hall–Kier alpha value is -3.52. The summed E-state index contributed by atoms with van der Waals surface area (Å²) in [4.78, 5) is 13.6. The lowest BCUT2D eigenvalue weighted by Crippen LogP contribution is -2.25. The molecule has 0 saturated heterocycles. The number of nitrogens with one attached hydrogen (secondary N) is 2. The van der Waals surface area contributed by atoms with Crippen molar-refractivity contribution in [2.75, 3.05) is 18.4 Å². The van der Waals surface area contributed by atoms with Crippen LogP contribution in [0.15, 0.2) is 60.8 Å². The highest BCUT2D eigenvalue weighted by atomic mass is 19.4. The minimum atomic E-state index is -4.50. The van der Waals surface area contributed by atoms with Crippen molar-refractivity contribution in [3.63, 3.8) is 0 Å². The van der Waals surface area contributed by atoms with Crippen LogP contribution < -0.4 is 10.6 Å². The number of pyridine rings is 1. The molecule has 0 spiro atoms. The van der Waals surface area contributed by atoms with Crippen molar-refractivity contribution in [1.82, 2.24) is 20.3 Å². The molecule has 0 atom stereocenters. The first-order chi connectivity index (χ1) is 18.9. The zero-order valence-corrected chi connectivity index (χ0v) is 22.2. The molecule has 0 aliphatic heterocycles. The van der Waals surface area contributed by atoms with Crippen molar-refractivity contribution in [3.8, 4) is 11.3 Å². The quantitative estimate of drug-likeness (QED) is 0.236. The van der Waals surface area contributed by atoms with Crippen LogP contribution in [-0.4, -0.2) is 28.0 Å². The summed E-state index contributed by atoms with van der Waals surface area (Å²) in [6.45, 7) is 4.19. The number of aryl methyl sites for hydroxylation is 1. The lowest BCUT2D eigenvalue weighted by Gasteiger charge is -2.21. The summed E-state index contributed by atoms with van der Waals surface area (Å²) in [6, 6.07) is 15.8. The van der Waals surface area contributed by atoms with Gasteiger partial charge in [0.05, 0.1) is 23.3 Å². The normalized spacial score (nSPS) is 14.6. The first-order valence-corrected chi connectivity index (χ1v) is 13.7. The van der Waals surface area contributed by atoms with E-state index >= 15 is 0 Å². The Balaban J connectivity index is 1.43. The largest absolute Gasteiger partial charge is 0.418 e. The molecule has 2 aromatic heterocycles. The van der Waals surface area contributed by atoms with Crippen molar-refractivity contribution in [2.24, 2.45) is 5.92 Å². The third kappa shape index (κ3) is 6.74. The van der Waals surface area contributed by atoms with Crippen molar-refractivity contribution in [2.45, 2.75) is 58.2 Å². The number of aromatic nitrogens is 3. The fourth-order valence-corrected chi connectivity index (χ4v) is 5.39. The Morgan fingerprint density at radius 1 is 0.949 bits per heavy atom. The van der Waals surface area contributed by atoms with Gasteiger partial charge in [0.15, 0.2) is 0 Å². The molecule has 4 aromatic rings. The molecule has 39 heavy (non-hydrogen) atoms. The maximum atomic E-state index is 13.7. The average molecular weight is 534 g/mol. The minimum Gasteiger partial charge on any atom is -0.369 e. The van der Waals surface area contributed by atoms with Crippen LogP contribution in [0.3, 0.4) is 0 Å². The van der Waals surface area contributed by atoms with E-state index in [1.807, 2.05) is 12.1 Å². The van der Waals surface area contributed by atoms with Crippen LogP contribution in [-0.2, 0) is 19.1 Å². The number of alkyl halides is 3. The molecule has 204 valence electrons. The lowest BCUT2D eigenvalue weighted by molar-refractivity contribution is -0.137. The van der Waals surface area contributed by atoms with Crippen molar-refractivity contribution >= 4 is 16.7 Å². The van der Waals surface area contributed by atoms with Gasteiger partial charge in [0.25, 0.3) is 0 Å². The summed E-state index contributed by atoms with van der Waals surface area (Å²) < 4.78 is 41.1. The number of hydrogen-bond acceptors (Lipinski definition) is 5. The topological polar surface area (TPSA) is 62.7 Å². The smallest absolute Gasteiger partial charge is 0.369 e. The number of anilines is 1. The van der Waals surface area contributed by atoms with Crippen LogP contribution >= 0.6 is 0 Å². The minimum absolute atomic E-state index is 0.100. The number of hydrogen-bond donors (Lipinski definition) is 2. The molecule has 1 aliphatic carbocycles. The highest BCUT2D eigenvalue weighted by molar-refractivity contribution is 5.92. The third-order valence-electron chi connectivity index (χ3n) is 7.52. The number of benzene rings is 2. The molecule has 2 N–H and O–H groups in total. The van der Waals surface area contributed by atoms with Crippen LogP contribution in [0.4, 0.5) is 19.0 Å². The number of rotatable bonds is 9. The van der Waals surface area contributed by atoms with Gasteiger partial charge in [-0.1, -0.05) is 49.6 Å². The van der Waals surface area contributed by atoms with Gasteiger partial charge in [0.2, 0.25) is 0 Å². The van der Waals surface area contributed by atoms with Gasteiger partial charge in [0, 0.05) is 23.7 Å². The Kier molecular flexibility index (Phi) is 8.41. The SMILES string of the molecule is Cc1ccccc1CCNc1nc(CNCC2CCCCC2)nc2cc(-c3ncccc3C(F)(F)F)ccc12. The van der Waals surface area contributed by atoms with Gasteiger partial charge in [-0.2, -0.15) is 13.2 Å². The fourth-order valence-electron chi connectivity index (χ4n) is 5.39. The Labute approximate surface area is 227 Å². The van der Waals surface area contributed by atoms with Gasteiger partial charge < -0.3 is 10.6 Å². The molecule has 8 heteroatoms. The molecule has 0 unspecified atom stereocenters. The molecule has 0 bridgehead atoms. The van der Waals surface area contributed by atoms with E-state index in [1.54, 1.807) is 18.2 Å². The molecule has 2 aromatic carbocycles. The summed E-state index contributed by atoms with van der Waals surface area (Å²) in [7, 11) is 0. The molecule has 1 saturated carbocycles. The number of fused-ring (bicyclic) bond motifs is 1. The number of halogens is 3. The molecule has 1 fully saturated rings. The lowest BCUT2D eigenvalue weighted by atomic mass is 9.89. The van der Waals surface area contributed by atoms with Gasteiger partial charge in [0.1, 0.15) is 11.6 Å². The van der Waals surface area contributed by atoms with Crippen molar-refractivity contribution < 1.29 is 13.2 Å². The second kappa shape index (κ2) is 12.1. The summed E-state index contributed by atoms with van der Waals surface area (Å²) in [5, 5.41) is 7.75. The molecule has 2 heterocycles. The Morgan fingerprint density at radius 2 is 1.77 bits per heavy atom. The maximum absolute atomic E-state index is 13.7. The zero-order valence-electron chi connectivity index (χ0n) is 22.2. The Bertz CT molecular complexity index is 1410. The first kappa shape index (κ1) is 27.1. The summed E-state index contributed by atoms with van der Waals surface area (Å²) in [5.41, 5.74) is 2.60. The molecular weight excluding hydrogens is 499 g/mol. The average Bonchev–Trinajstić information content (AvgIpc) is 2.94. The predicted molar refractivity (Wildman–Crippen MR) is 149 cm³/mol. The second-order valence-corrected chi connectivity index (χ2v) is 10.4. The van der Waals surface area contributed by atoms with Gasteiger partial charge in [-0.15, -0.1) is 0 Å². The molecule has 0 amide bonds. The first-order valence-electron chi connectivity index (χ1n) is 13.7. The highest BCUT2D eigenvalue weighted by Gasteiger charge is 2.34. The van der Waals surface area contributed by atoms with E-state index in [2.05, 4.69) is 34.7 Å². The van der Waals surface area contributed by atoms with E-state index < -0.39 is 11.7 Å². The molecular formula is C31H34F3N5. The Morgan fingerprint density at radius 3 is 2.56 bits per heavy atom. The van der Waals surface area contributed by atoms with E-state index in [4.69, 9.17) is 9.97 Å². The van der Waals surface area contributed by atoms with Crippen molar-refractivity contribution in [1.29, 1.82) is 0 Å². The second-order valence-electron chi connectivity index (χ2n) is 10.4. The van der Waals surface area contributed by atoms with E-state index in [0.29, 0.717) is 41.7 Å². The summed E-state index contributed by atoms with van der Waals surface area (Å²) in [6.07, 6.45) is 4.08. The third-order valence-corrected chi connectivity index (χ3v) is 7.52. The highest BCUT2D eigenvalue weighted by Crippen LogP contribution is 2.36. The molecule has 5 nitrogen and oxygen atoms in total. The van der Waals surface area contributed by atoms with E-state index in [1.165, 1.54) is 55.5 Å². The monoisotopic (exact) mass is 533 g/mol. The van der Waals surface area contributed by atoms with Gasteiger partial charge >= 0.3 is 6.18 Å². The van der Waals surface area contributed by atoms with Crippen LogP contribution in [0.2, 0.25) is 0 Å². The van der Waals surface area contributed by atoms with Gasteiger partial charge in [-0.3, -0.25) is 4.98 Å². The van der Waals surface area contributed by atoms with Crippen LogP contribution in [0.25, 0.3) is 22.2 Å². The van der Waals surface area contributed by atoms with Crippen LogP contribution in [0, 0.1) is 12.8 Å². The van der Waals surface area contributed by atoms with Gasteiger partial charge in [-0.25, -0.2) is 9.97 Å². The number of nitrogens with zero attached hydrogens (tertiary/aromatic N) is 3. The van der Waals surface area contributed by atoms with E-state index in [9.17, 15) is 13.2 Å². The van der Waals surface area contributed by atoms with E-state index in [-0.39, 0.29) is 5.69 Å². The fraction of sp³-hybridized carbons (Fsp3) is 0.387. The zero-order chi connectivity index (χ0) is 27.2. The van der Waals surface area contributed by atoms with E-state index in [0.717, 1.165) is 24.4 Å². The summed E-state index contributed by atoms with van der Waals surface area (Å²) in [5.74, 6) is 1.97.